The first-order chi connectivity index (χ1) is 47.4. The SMILES string of the molecule is Cc1cc2c3c(c1)Oc1c(oc4ccccc14)P3c1cc3c(cc1O2)oc1ccccc13.S=P12c3ccc(-n4c5ccccc5c5ccccc54)cc3Oc3cc(-n4c5ccccc5c5ccccc54)cc(c31)Oc1c2sc2ccc(-n3c4ccccc4c4ccccc43)cc12. The maximum absolute atomic E-state index is 7.31. The van der Waals surface area contributed by atoms with E-state index in [1.54, 1.807) is 11.3 Å². The third-order valence-corrected chi connectivity index (χ3v) is 29.1. The summed E-state index contributed by atoms with van der Waals surface area (Å²) in [6.07, 6.45) is 0. The molecule has 4 aliphatic rings. The van der Waals surface area contributed by atoms with Gasteiger partial charge in [-0.25, -0.2) is 0 Å². The van der Waals surface area contributed by atoms with E-state index in [-0.39, 0.29) is 0 Å². The van der Waals surface area contributed by atoms with Crippen molar-refractivity contribution in [2.75, 3.05) is 0 Å². The first-order valence-electron chi connectivity index (χ1n) is 32.0. The number of aromatic nitrogens is 3. The van der Waals surface area contributed by atoms with E-state index in [2.05, 4.69) is 245 Å². The number of para-hydroxylation sites is 8. The summed E-state index contributed by atoms with van der Waals surface area (Å²) in [5, 5.41) is 15.8. The van der Waals surface area contributed by atoms with Crippen molar-refractivity contribution in [1.29, 1.82) is 0 Å². The van der Waals surface area contributed by atoms with Crippen LogP contribution >= 0.6 is 25.3 Å². The van der Waals surface area contributed by atoms with Gasteiger partial charge in [-0.05, 0) is 116 Å². The van der Waals surface area contributed by atoms with Crippen molar-refractivity contribution in [3.63, 3.8) is 0 Å². The van der Waals surface area contributed by atoms with Crippen LogP contribution in [0.15, 0.2) is 276 Å². The van der Waals surface area contributed by atoms with E-state index in [0.717, 1.165) is 165 Å². The topological polar surface area (TPSA) is 78.0 Å². The fourth-order valence-electron chi connectivity index (χ4n) is 15.7. The van der Waals surface area contributed by atoms with Crippen molar-refractivity contribution < 1.29 is 27.8 Å². The second-order valence-corrected chi connectivity index (χ2v) is 32.7. The number of aryl methyl sites for hydroxylation is 1. The summed E-state index contributed by atoms with van der Waals surface area (Å²) >= 11 is 9.05. The van der Waals surface area contributed by atoms with Gasteiger partial charge in [0.25, 0.3) is 0 Å². The number of hydrogen-bond donors (Lipinski definition) is 0. The van der Waals surface area contributed by atoms with Gasteiger partial charge in [-0.2, -0.15) is 0 Å². The number of furan rings is 2. The minimum Gasteiger partial charge on any atom is -0.456 e. The molecule has 13 heteroatoms. The molecule has 0 radical (unpaired) electrons. The zero-order valence-corrected chi connectivity index (χ0v) is 54.3. The standard InChI is InChI=1S/C56H32N3O2PS2.C27H15O4P/c63-62-52-27-25-34(58-45-21-9-3-15-38(45)39-16-4-10-22-46(39)58)30-49(52)60-50-31-35(59-47-23-11-5-17-40(47)41-18-6-12-24-48(41)59)32-51(55(50)62)61-54-42-29-33(26-28-53(42)64-56(54)62)57-43-19-7-1-13-36(43)37-14-2-8-20-44(37)57;1-14-10-22-26-23(11-14)30-25-16-7-3-5-9-19(16)31-27(25)32(26)24-12-17-15-6-2-4-8-18(15)28-20(17)13-21(24)29-22/h1-32H;2-13H,1H3. The number of ether oxygens (including phenoxy) is 4. The molecule has 23 rings (SSSR count). The molecular weight excluding hydrogens is 1260 g/mol. The van der Waals surface area contributed by atoms with Crippen LogP contribution in [0.3, 0.4) is 0 Å². The minimum atomic E-state index is -2.75. The molecule has 2 atom stereocenters. The highest BCUT2D eigenvalue weighted by molar-refractivity contribution is 8.27. The van der Waals surface area contributed by atoms with Crippen LogP contribution in [0.2, 0.25) is 0 Å². The maximum Gasteiger partial charge on any atom is 0.181 e. The molecule has 10 heterocycles. The van der Waals surface area contributed by atoms with Crippen molar-refractivity contribution in [3.05, 3.63) is 272 Å². The molecule has 0 saturated heterocycles. The molecule has 0 saturated carbocycles. The lowest BCUT2D eigenvalue weighted by Crippen LogP contribution is -2.33. The Labute approximate surface area is 557 Å². The van der Waals surface area contributed by atoms with Gasteiger partial charge < -0.3 is 41.5 Å². The maximum atomic E-state index is 7.31. The highest BCUT2D eigenvalue weighted by Crippen LogP contribution is 2.63. The highest BCUT2D eigenvalue weighted by Gasteiger charge is 2.46. The summed E-state index contributed by atoms with van der Waals surface area (Å²) in [5.41, 5.74) is 14.5. The summed E-state index contributed by atoms with van der Waals surface area (Å²) < 4.78 is 49.3. The van der Waals surface area contributed by atoms with Crippen LogP contribution in [-0.4, -0.2) is 13.7 Å². The monoisotopic (exact) mass is 1310 g/mol. The molecule has 0 aliphatic carbocycles. The molecule has 0 fully saturated rings. The van der Waals surface area contributed by atoms with Gasteiger partial charge in [0.15, 0.2) is 17.0 Å². The molecule has 0 bridgehead atoms. The van der Waals surface area contributed by atoms with E-state index in [1.807, 2.05) is 42.5 Å². The van der Waals surface area contributed by atoms with Gasteiger partial charge in [0, 0.05) is 107 Å². The summed E-state index contributed by atoms with van der Waals surface area (Å²) in [6.45, 7) is 2.06. The van der Waals surface area contributed by atoms with Crippen molar-refractivity contribution >= 4 is 177 Å². The summed E-state index contributed by atoms with van der Waals surface area (Å²) in [4.78, 5) is 0. The van der Waals surface area contributed by atoms with E-state index in [9.17, 15) is 0 Å². The van der Waals surface area contributed by atoms with Crippen LogP contribution in [0.25, 0.3) is 125 Å². The van der Waals surface area contributed by atoms with Crippen LogP contribution in [0.4, 0.5) is 0 Å². The number of hydrogen-bond acceptors (Lipinski definition) is 8. The van der Waals surface area contributed by atoms with Gasteiger partial charge in [0.05, 0.1) is 65.4 Å². The second kappa shape index (κ2) is 19.5. The molecule has 9 nitrogen and oxygen atoms in total. The van der Waals surface area contributed by atoms with Crippen molar-refractivity contribution in [3.8, 4) is 63.1 Å². The first-order valence-corrected chi connectivity index (χ1v) is 36.9. The predicted octanol–water partition coefficient (Wildman–Crippen LogP) is 20.8. The minimum absolute atomic E-state index is 0.749. The Balaban J connectivity index is 0.000000155. The lowest BCUT2D eigenvalue weighted by molar-refractivity contribution is 0.463. The Morgan fingerprint density at radius 3 is 1.41 bits per heavy atom. The highest BCUT2D eigenvalue weighted by atomic mass is 32.4. The summed E-state index contributed by atoms with van der Waals surface area (Å²) in [5.74, 6) is 6.47. The van der Waals surface area contributed by atoms with E-state index in [1.165, 1.54) is 43.4 Å². The first kappa shape index (κ1) is 53.2. The smallest absolute Gasteiger partial charge is 0.181 e. The third kappa shape index (κ3) is 7.24. The normalized spacial score (nSPS) is 15.4. The number of fused-ring (bicyclic) bond motifs is 24. The Hall–Kier alpha value is -11.2. The van der Waals surface area contributed by atoms with Crippen LogP contribution in [0, 0.1) is 6.92 Å². The van der Waals surface area contributed by atoms with Gasteiger partial charge in [-0.1, -0.05) is 151 Å². The van der Waals surface area contributed by atoms with Gasteiger partial charge in [-0.15, -0.1) is 11.3 Å². The average Bonchev–Trinajstić information content (AvgIpc) is 0.995. The van der Waals surface area contributed by atoms with Gasteiger partial charge in [0.2, 0.25) is 0 Å². The molecule has 0 amide bonds. The quantitative estimate of drug-likeness (QED) is 0.163. The predicted molar refractivity (Wildman–Crippen MR) is 398 cm³/mol. The molecule has 96 heavy (non-hydrogen) atoms. The van der Waals surface area contributed by atoms with E-state index in [4.69, 9.17) is 39.6 Å². The average molecular weight is 1310 g/mol. The van der Waals surface area contributed by atoms with Gasteiger partial charge >= 0.3 is 0 Å². The molecular formula is C83H47N3O6P2S2. The summed E-state index contributed by atoms with van der Waals surface area (Å²) in [7, 11) is -0.978. The number of rotatable bonds is 3. The molecule has 13 aromatic carbocycles. The van der Waals surface area contributed by atoms with E-state index < -0.39 is 14.0 Å². The third-order valence-electron chi connectivity index (χ3n) is 19.7. The Morgan fingerprint density at radius 1 is 0.354 bits per heavy atom. The van der Waals surface area contributed by atoms with Crippen LogP contribution < -0.4 is 50.3 Å². The Bertz CT molecular complexity index is 6600. The Morgan fingerprint density at radius 2 is 0.812 bits per heavy atom. The molecule has 0 N–H and O–H groups in total. The molecule has 452 valence electrons. The van der Waals surface area contributed by atoms with Gasteiger partial charge in [0.1, 0.15) is 51.2 Å². The van der Waals surface area contributed by atoms with Crippen molar-refractivity contribution in [2.24, 2.45) is 0 Å². The van der Waals surface area contributed by atoms with Crippen LogP contribution in [0.5, 0.6) is 46.0 Å². The number of thiophene rings is 1. The zero-order chi connectivity index (χ0) is 62.8. The van der Waals surface area contributed by atoms with Crippen molar-refractivity contribution in [1.82, 2.24) is 13.7 Å². The second-order valence-electron chi connectivity index (χ2n) is 25.1. The van der Waals surface area contributed by atoms with Crippen LogP contribution in [0.1, 0.15) is 5.56 Å². The lowest BCUT2D eigenvalue weighted by atomic mass is 10.1. The number of benzene rings is 13. The molecule has 2 unspecified atom stereocenters. The molecule has 0 spiro atoms. The van der Waals surface area contributed by atoms with Gasteiger partial charge in [-0.3, -0.25) is 0 Å². The van der Waals surface area contributed by atoms with E-state index in [0.29, 0.717) is 0 Å². The largest absolute Gasteiger partial charge is 0.456 e. The fourth-order valence-corrected chi connectivity index (χ4v) is 24.6. The zero-order valence-electron chi connectivity index (χ0n) is 50.9. The van der Waals surface area contributed by atoms with E-state index >= 15 is 0 Å². The van der Waals surface area contributed by atoms with Crippen molar-refractivity contribution in [2.45, 2.75) is 6.92 Å². The molecule has 4 aliphatic heterocycles. The summed E-state index contributed by atoms with van der Waals surface area (Å²) in [6, 6.07) is 91.6. The Kier molecular flexibility index (Phi) is 10.8. The number of nitrogens with zero attached hydrogens (tertiary/aromatic N) is 3. The fraction of sp³-hybridized carbons (Fsp3) is 0.0120. The molecule has 6 aromatic heterocycles. The van der Waals surface area contributed by atoms with Crippen LogP contribution in [-0.2, 0) is 11.8 Å². The lowest BCUT2D eigenvalue weighted by Gasteiger charge is -2.36. The molecule has 19 aromatic rings.